The Morgan fingerprint density at radius 3 is 2.45 bits per heavy atom. The largest absolute Gasteiger partial charge is 0.309 e. The smallest absolute Gasteiger partial charge is 0.240 e. The standard InChI is InChI=1S/C24H30N2O2S/c1-20-14-16-23(17-15-20)29(27,28)26-19-24(22-12-6-3-7-13-22)25-18-8-11-21-9-4-2-5-10-21/h2-4,6-7,10,12-17,24-26H,5,8-9,11,18-19H2,1H3. The number of allylic oxidation sites excluding steroid dienone is 4. The van der Waals surface area contributed by atoms with E-state index in [2.05, 4.69) is 28.3 Å². The summed E-state index contributed by atoms with van der Waals surface area (Å²) in [6.45, 7) is 3.09. The molecule has 0 saturated heterocycles. The number of benzene rings is 2. The highest BCUT2D eigenvalue weighted by Crippen LogP contribution is 2.18. The van der Waals surface area contributed by atoms with Gasteiger partial charge < -0.3 is 5.32 Å². The molecule has 0 aliphatic heterocycles. The molecule has 4 nitrogen and oxygen atoms in total. The zero-order valence-electron chi connectivity index (χ0n) is 17.0. The van der Waals surface area contributed by atoms with Gasteiger partial charge in [0.25, 0.3) is 0 Å². The Kier molecular flexibility index (Phi) is 7.81. The number of rotatable bonds is 10. The molecule has 2 aromatic carbocycles. The van der Waals surface area contributed by atoms with Gasteiger partial charge >= 0.3 is 0 Å². The lowest BCUT2D eigenvalue weighted by Gasteiger charge is -2.20. The summed E-state index contributed by atoms with van der Waals surface area (Å²) in [7, 11) is -3.53. The number of sulfonamides is 1. The second-order valence-corrected chi connectivity index (χ2v) is 9.23. The number of aryl methyl sites for hydroxylation is 1. The third kappa shape index (κ3) is 6.67. The van der Waals surface area contributed by atoms with Crippen LogP contribution in [0.2, 0.25) is 0 Å². The van der Waals surface area contributed by atoms with Gasteiger partial charge in [0.1, 0.15) is 0 Å². The van der Waals surface area contributed by atoms with E-state index in [1.165, 1.54) is 5.57 Å². The van der Waals surface area contributed by atoms with Crippen molar-refractivity contribution in [2.45, 2.75) is 43.5 Å². The molecule has 0 saturated carbocycles. The van der Waals surface area contributed by atoms with Crippen LogP contribution >= 0.6 is 0 Å². The van der Waals surface area contributed by atoms with E-state index in [0.717, 1.165) is 43.4 Å². The minimum atomic E-state index is -3.53. The monoisotopic (exact) mass is 410 g/mol. The van der Waals surface area contributed by atoms with Gasteiger partial charge in [-0.25, -0.2) is 13.1 Å². The summed E-state index contributed by atoms with van der Waals surface area (Å²) in [4.78, 5) is 0.298. The lowest BCUT2D eigenvalue weighted by atomic mass is 10.0. The van der Waals surface area contributed by atoms with Crippen molar-refractivity contribution < 1.29 is 8.42 Å². The van der Waals surface area contributed by atoms with Gasteiger partial charge in [-0.15, -0.1) is 0 Å². The third-order valence-corrected chi connectivity index (χ3v) is 6.60. The lowest BCUT2D eigenvalue weighted by Crippen LogP contribution is -2.35. The first kappa shape index (κ1) is 21.5. The molecule has 1 aliphatic rings. The van der Waals surface area contributed by atoms with E-state index >= 15 is 0 Å². The first-order valence-electron chi connectivity index (χ1n) is 10.2. The Morgan fingerprint density at radius 1 is 1.00 bits per heavy atom. The Balaban J connectivity index is 1.58. The molecule has 1 atom stereocenters. The molecule has 0 aromatic heterocycles. The summed E-state index contributed by atoms with van der Waals surface area (Å²) in [5.41, 5.74) is 3.61. The fraction of sp³-hybridized carbons (Fsp3) is 0.333. The zero-order valence-corrected chi connectivity index (χ0v) is 17.8. The highest BCUT2D eigenvalue weighted by molar-refractivity contribution is 7.89. The Morgan fingerprint density at radius 2 is 1.76 bits per heavy atom. The van der Waals surface area contributed by atoms with Crippen LogP contribution in [0.3, 0.4) is 0 Å². The summed E-state index contributed by atoms with van der Waals surface area (Å²) in [5.74, 6) is 0. The maximum absolute atomic E-state index is 12.7. The molecule has 5 heteroatoms. The molecule has 2 N–H and O–H groups in total. The maximum atomic E-state index is 12.7. The molecule has 0 radical (unpaired) electrons. The average Bonchev–Trinajstić information content (AvgIpc) is 2.75. The average molecular weight is 411 g/mol. The number of hydrogen-bond acceptors (Lipinski definition) is 3. The van der Waals surface area contributed by atoms with Crippen molar-refractivity contribution in [3.8, 4) is 0 Å². The first-order valence-corrected chi connectivity index (χ1v) is 11.7. The normalized spacial score (nSPS) is 15.1. The van der Waals surface area contributed by atoms with Gasteiger partial charge in [-0.3, -0.25) is 0 Å². The van der Waals surface area contributed by atoms with E-state index < -0.39 is 10.0 Å². The van der Waals surface area contributed by atoms with Gasteiger partial charge in [0.15, 0.2) is 0 Å². The zero-order chi connectivity index (χ0) is 20.5. The van der Waals surface area contributed by atoms with Crippen molar-refractivity contribution in [1.29, 1.82) is 0 Å². The summed E-state index contributed by atoms with van der Waals surface area (Å²) < 4.78 is 28.1. The van der Waals surface area contributed by atoms with Crippen LogP contribution in [0.15, 0.2) is 83.3 Å². The van der Waals surface area contributed by atoms with E-state index in [-0.39, 0.29) is 6.04 Å². The van der Waals surface area contributed by atoms with Gasteiger partial charge in [0, 0.05) is 12.6 Å². The van der Waals surface area contributed by atoms with E-state index in [1.54, 1.807) is 12.1 Å². The van der Waals surface area contributed by atoms with Gasteiger partial charge in [-0.05, 0) is 56.8 Å². The summed E-state index contributed by atoms with van der Waals surface area (Å²) in [6.07, 6.45) is 10.9. The molecule has 0 heterocycles. The molecule has 0 amide bonds. The molecule has 29 heavy (non-hydrogen) atoms. The molecule has 3 rings (SSSR count). The van der Waals surface area contributed by atoms with Crippen LogP contribution < -0.4 is 10.0 Å². The fourth-order valence-electron chi connectivity index (χ4n) is 3.43. The molecular weight excluding hydrogens is 380 g/mol. The SMILES string of the molecule is Cc1ccc(S(=O)(=O)NCC(NCCCC2=CCC=CC2)c2ccccc2)cc1. The molecule has 2 aromatic rings. The van der Waals surface area contributed by atoms with E-state index in [0.29, 0.717) is 11.4 Å². The van der Waals surface area contributed by atoms with Crippen molar-refractivity contribution in [3.63, 3.8) is 0 Å². The molecule has 0 fully saturated rings. The van der Waals surface area contributed by atoms with Crippen LogP contribution in [0.1, 0.15) is 42.9 Å². The molecule has 0 spiro atoms. The molecule has 1 unspecified atom stereocenters. The van der Waals surface area contributed by atoms with Crippen LogP contribution in [-0.2, 0) is 10.0 Å². The molecular formula is C24H30N2O2S. The Hall–Kier alpha value is -2.21. The highest BCUT2D eigenvalue weighted by atomic mass is 32.2. The second-order valence-electron chi connectivity index (χ2n) is 7.46. The predicted octanol–water partition coefficient (Wildman–Crippen LogP) is 4.66. The maximum Gasteiger partial charge on any atom is 0.240 e. The van der Waals surface area contributed by atoms with Gasteiger partial charge in [0.05, 0.1) is 4.90 Å². The highest BCUT2D eigenvalue weighted by Gasteiger charge is 2.18. The van der Waals surface area contributed by atoms with Crippen molar-refractivity contribution in [3.05, 3.63) is 89.5 Å². The van der Waals surface area contributed by atoms with Crippen LogP contribution in [0.4, 0.5) is 0 Å². The van der Waals surface area contributed by atoms with Gasteiger partial charge in [-0.2, -0.15) is 0 Å². The third-order valence-electron chi connectivity index (χ3n) is 5.17. The molecule has 1 aliphatic carbocycles. The number of nitrogens with one attached hydrogen (secondary N) is 2. The minimum Gasteiger partial charge on any atom is -0.309 e. The van der Waals surface area contributed by atoms with Gasteiger partial charge in [0.2, 0.25) is 10.0 Å². The van der Waals surface area contributed by atoms with Crippen LogP contribution in [-0.4, -0.2) is 21.5 Å². The fourth-order valence-corrected chi connectivity index (χ4v) is 4.48. The predicted molar refractivity (Wildman–Crippen MR) is 119 cm³/mol. The van der Waals surface area contributed by atoms with E-state index in [1.807, 2.05) is 49.4 Å². The first-order chi connectivity index (χ1) is 14.0. The molecule has 0 bridgehead atoms. The van der Waals surface area contributed by atoms with Crippen LogP contribution in [0, 0.1) is 6.92 Å². The number of hydrogen-bond donors (Lipinski definition) is 2. The summed E-state index contributed by atoms with van der Waals surface area (Å²) in [5, 5.41) is 3.54. The van der Waals surface area contributed by atoms with Crippen molar-refractivity contribution >= 4 is 10.0 Å². The topological polar surface area (TPSA) is 58.2 Å². The Bertz CT molecular complexity index is 933. The lowest BCUT2D eigenvalue weighted by molar-refractivity contribution is 0.505. The van der Waals surface area contributed by atoms with Crippen LogP contribution in [0.5, 0.6) is 0 Å². The second kappa shape index (κ2) is 10.5. The van der Waals surface area contributed by atoms with Crippen molar-refractivity contribution in [1.82, 2.24) is 10.0 Å². The molecule has 154 valence electrons. The van der Waals surface area contributed by atoms with Crippen molar-refractivity contribution in [2.75, 3.05) is 13.1 Å². The minimum absolute atomic E-state index is 0.0725. The Labute approximate surface area is 174 Å². The van der Waals surface area contributed by atoms with E-state index in [4.69, 9.17) is 0 Å². The van der Waals surface area contributed by atoms with Crippen molar-refractivity contribution in [2.24, 2.45) is 0 Å². The summed E-state index contributed by atoms with van der Waals surface area (Å²) in [6, 6.07) is 16.9. The quantitative estimate of drug-likeness (QED) is 0.442. The summed E-state index contributed by atoms with van der Waals surface area (Å²) >= 11 is 0. The van der Waals surface area contributed by atoms with Crippen LogP contribution in [0.25, 0.3) is 0 Å². The van der Waals surface area contributed by atoms with E-state index in [9.17, 15) is 8.42 Å². The van der Waals surface area contributed by atoms with Gasteiger partial charge in [-0.1, -0.05) is 71.8 Å².